The minimum Gasteiger partial charge on any atom is -0.462 e. The molecule has 0 radical (unpaired) electrons. The maximum Gasteiger partial charge on any atom is 0.311 e. The number of rotatable bonds is 7. The van der Waals surface area contributed by atoms with Gasteiger partial charge in [-0.05, 0) is 58.0 Å². The van der Waals surface area contributed by atoms with Gasteiger partial charge in [0.2, 0.25) is 0 Å². The molecule has 0 saturated carbocycles. The first-order valence-corrected chi connectivity index (χ1v) is 8.19. The summed E-state index contributed by atoms with van der Waals surface area (Å²) in [6, 6.07) is 0. The molecule has 3 nitrogen and oxygen atoms in total. The van der Waals surface area contributed by atoms with E-state index in [9.17, 15) is 4.79 Å². The van der Waals surface area contributed by atoms with E-state index in [-0.39, 0.29) is 34.5 Å². The molecule has 0 aromatic heterocycles. The van der Waals surface area contributed by atoms with E-state index in [0.717, 1.165) is 38.8 Å². The zero-order chi connectivity index (χ0) is 15.2. The number of carbonyl (C=O) groups is 1. The first-order chi connectivity index (χ1) is 9.27. The highest BCUT2D eigenvalue weighted by Crippen LogP contribution is 2.32. The van der Waals surface area contributed by atoms with E-state index in [0.29, 0.717) is 5.41 Å². The molecule has 0 aromatic rings. The summed E-state index contributed by atoms with van der Waals surface area (Å²) in [5.74, 6) is -0.0151. The number of hydrogen-bond donors (Lipinski definition) is 1. The smallest absolute Gasteiger partial charge is 0.311 e. The number of esters is 1. The van der Waals surface area contributed by atoms with Crippen molar-refractivity contribution in [3.05, 3.63) is 0 Å². The van der Waals surface area contributed by atoms with Gasteiger partial charge < -0.3 is 10.1 Å². The van der Waals surface area contributed by atoms with Gasteiger partial charge in [-0.3, -0.25) is 4.79 Å². The molecular weight excluding hydrogens is 330 g/mol. The summed E-state index contributed by atoms with van der Waals surface area (Å²) in [6.45, 7) is 12.8. The SMILES string of the molecule is Br.CCC(C)(C)CCCC(C)(C)C(=O)OC1CCNCC1. The van der Waals surface area contributed by atoms with Crippen LogP contribution in [0, 0.1) is 10.8 Å². The Morgan fingerprint density at radius 1 is 1.14 bits per heavy atom. The fraction of sp³-hybridized carbons (Fsp3) is 0.941. The molecule has 1 N–H and O–H groups in total. The Labute approximate surface area is 141 Å². The van der Waals surface area contributed by atoms with E-state index in [2.05, 4.69) is 26.1 Å². The molecule has 1 heterocycles. The quantitative estimate of drug-likeness (QED) is 0.677. The summed E-state index contributed by atoms with van der Waals surface area (Å²) in [7, 11) is 0. The Bertz CT molecular complexity index is 310. The van der Waals surface area contributed by atoms with Crippen LogP contribution < -0.4 is 5.32 Å². The van der Waals surface area contributed by atoms with Crippen LogP contribution >= 0.6 is 17.0 Å². The minimum absolute atomic E-state index is 0. The third-order valence-electron chi connectivity index (χ3n) is 4.72. The standard InChI is InChI=1S/C17H33NO2.BrH/c1-6-16(2,3)10-7-11-17(4,5)15(19)20-14-8-12-18-13-9-14;/h14,18H,6-13H2,1-5H3;1H. The third-order valence-corrected chi connectivity index (χ3v) is 4.72. The highest BCUT2D eigenvalue weighted by Gasteiger charge is 2.32. The van der Waals surface area contributed by atoms with Gasteiger partial charge in [0, 0.05) is 0 Å². The van der Waals surface area contributed by atoms with E-state index in [1.165, 1.54) is 12.8 Å². The van der Waals surface area contributed by atoms with Crippen LogP contribution in [0.1, 0.15) is 73.1 Å². The Morgan fingerprint density at radius 3 is 2.24 bits per heavy atom. The molecule has 0 amide bonds. The largest absolute Gasteiger partial charge is 0.462 e. The van der Waals surface area contributed by atoms with Crippen LogP contribution in [0.2, 0.25) is 0 Å². The van der Waals surface area contributed by atoms with Crippen LogP contribution in [-0.4, -0.2) is 25.2 Å². The van der Waals surface area contributed by atoms with Crippen molar-refractivity contribution in [2.24, 2.45) is 10.8 Å². The molecule has 1 saturated heterocycles. The van der Waals surface area contributed by atoms with Gasteiger partial charge in [0.05, 0.1) is 5.41 Å². The lowest BCUT2D eigenvalue weighted by Gasteiger charge is -2.30. The van der Waals surface area contributed by atoms with Crippen LogP contribution in [-0.2, 0) is 9.53 Å². The van der Waals surface area contributed by atoms with Crippen LogP contribution in [0.4, 0.5) is 0 Å². The molecule has 0 aliphatic carbocycles. The first-order valence-electron chi connectivity index (χ1n) is 8.19. The molecule has 0 aromatic carbocycles. The Kier molecular flexibility index (Phi) is 9.10. The zero-order valence-electron chi connectivity index (χ0n) is 14.5. The maximum absolute atomic E-state index is 12.3. The van der Waals surface area contributed by atoms with Gasteiger partial charge in [0.25, 0.3) is 0 Å². The number of ether oxygens (including phenoxy) is 1. The van der Waals surface area contributed by atoms with Crippen molar-refractivity contribution in [3.63, 3.8) is 0 Å². The Balaban J connectivity index is 0.00000400. The zero-order valence-corrected chi connectivity index (χ0v) is 16.2. The molecule has 1 fully saturated rings. The minimum atomic E-state index is -0.352. The van der Waals surface area contributed by atoms with Gasteiger partial charge in [-0.1, -0.05) is 33.6 Å². The highest BCUT2D eigenvalue weighted by atomic mass is 79.9. The second kappa shape index (κ2) is 9.14. The second-order valence-electron chi connectivity index (χ2n) is 7.61. The molecule has 126 valence electrons. The van der Waals surface area contributed by atoms with Crippen molar-refractivity contribution < 1.29 is 9.53 Å². The summed E-state index contributed by atoms with van der Waals surface area (Å²) in [6.07, 6.45) is 6.39. The van der Waals surface area contributed by atoms with Gasteiger partial charge in [0.1, 0.15) is 6.10 Å². The van der Waals surface area contributed by atoms with Gasteiger partial charge in [-0.15, -0.1) is 17.0 Å². The lowest BCUT2D eigenvalue weighted by Crippen LogP contribution is -2.37. The maximum atomic E-state index is 12.3. The fourth-order valence-corrected chi connectivity index (χ4v) is 2.51. The van der Waals surface area contributed by atoms with Crippen molar-refractivity contribution in [3.8, 4) is 0 Å². The van der Waals surface area contributed by atoms with Gasteiger partial charge >= 0.3 is 5.97 Å². The van der Waals surface area contributed by atoms with Crippen LogP contribution in [0.3, 0.4) is 0 Å². The Morgan fingerprint density at radius 2 is 1.71 bits per heavy atom. The van der Waals surface area contributed by atoms with Crippen molar-refractivity contribution in [1.82, 2.24) is 5.32 Å². The molecule has 0 spiro atoms. The lowest BCUT2D eigenvalue weighted by molar-refractivity contribution is -0.161. The third kappa shape index (κ3) is 7.64. The fourth-order valence-electron chi connectivity index (χ4n) is 2.51. The van der Waals surface area contributed by atoms with Crippen LogP contribution in [0.15, 0.2) is 0 Å². The van der Waals surface area contributed by atoms with Gasteiger partial charge in [0.15, 0.2) is 0 Å². The Hall–Kier alpha value is -0.0900. The highest BCUT2D eigenvalue weighted by molar-refractivity contribution is 8.93. The topological polar surface area (TPSA) is 38.3 Å². The predicted molar refractivity (Wildman–Crippen MR) is 94.0 cm³/mol. The number of carbonyl (C=O) groups excluding carboxylic acids is 1. The number of piperidine rings is 1. The van der Waals surface area contributed by atoms with Gasteiger partial charge in [-0.2, -0.15) is 0 Å². The average Bonchev–Trinajstić information content (AvgIpc) is 2.39. The van der Waals surface area contributed by atoms with Crippen molar-refractivity contribution in [1.29, 1.82) is 0 Å². The molecule has 1 aliphatic heterocycles. The molecule has 4 heteroatoms. The van der Waals surface area contributed by atoms with E-state index < -0.39 is 0 Å². The van der Waals surface area contributed by atoms with Crippen molar-refractivity contribution in [2.45, 2.75) is 79.2 Å². The first kappa shape index (κ1) is 20.9. The number of hydrogen-bond acceptors (Lipinski definition) is 3. The average molecular weight is 364 g/mol. The molecular formula is C17H34BrNO2. The van der Waals surface area contributed by atoms with Crippen molar-refractivity contribution >= 4 is 23.0 Å². The molecule has 0 unspecified atom stereocenters. The second-order valence-corrected chi connectivity index (χ2v) is 7.61. The monoisotopic (exact) mass is 363 g/mol. The van der Waals surface area contributed by atoms with Crippen LogP contribution in [0.5, 0.6) is 0 Å². The van der Waals surface area contributed by atoms with Gasteiger partial charge in [-0.25, -0.2) is 0 Å². The molecule has 21 heavy (non-hydrogen) atoms. The van der Waals surface area contributed by atoms with Crippen molar-refractivity contribution in [2.75, 3.05) is 13.1 Å². The summed E-state index contributed by atoms with van der Waals surface area (Å²) < 4.78 is 5.69. The summed E-state index contributed by atoms with van der Waals surface area (Å²) >= 11 is 0. The molecule has 0 bridgehead atoms. The normalized spacial score (nSPS) is 17.2. The van der Waals surface area contributed by atoms with E-state index in [1.54, 1.807) is 0 Å². The van der Waals surface area contributed by atoms with E-state index in [4.69, 9.17) is 4.74 Å². The van der Waals surface area contributed by atoms with E-state index >= 15 is 0 Å². The lowest BCUT2D eigenvalue weighted by atomic mass is 9.80. The summed E-state index contributed by atoms with van der Waals surface area (Å²) in [4.78, 5) is 12.3. The molecule has 0 atom stereocenters. The summed E-state index contributed by atoms with van der Waals surface area (Å²) in [5, 5.41) is 3.29. The number of halogens is 1. The molecule has 1 rings (SSSR count). The summed E-state index contributed by atoms with van der Waals surface area (Å²) in [5.41, 5.74) is 0.0315. The predicted octanol–water partition coefficient (Wildman–Crippen LogP) is 4.49. The van der Waals surface area contributed by atoms with Crippen LogP contribution in [0.25, 0.3) is 0 Å². The van der Waals surface area contributed by atoms with E-state index in [1.807, 2.05) is 13.8 Å². The number of nitrogens with one attached hydrogen (secondary N) is 1. The molecule has 1 aliphatic rings.